The minimum Gasteiger partial charge on any atom is -0.455 e. The van der Waals surface area contributed by atoms with Crippen molar-refractivity contribution in [1.29, 1.82) is 0 Å². The Morgan fingerprint density at radius 3 is 1.65 bits per heavy atom. The molecule has 0 aliphatic heterocycles. The molecule has 0 amide bonds. The Balaban J connectivity index is 1.06. The van der Waals surface area contributed by atoms with Gasteiger partial charge in [0.1, 0.15) is 11.2 Å². The van der Waals surface area contributed by atoms with Crippen LogP contribution in [0, 0.1) is 0 Å². The highest BCUT2D eigenvalue weighted by Crippen LogP contribution is 2.47. The van der Waals surface area contributed by atoms with E-state index >= 15 is 0 Å². The molecule has 254 valence electrons. The summed E-state index contributed by atoms with van der Waals surface area (Å²) < 4.78 is 6.57. The van der Waals surface area contributed by atoms with E-state index in [0.717, 1.165) is 23.0 Å². The van der Waals surface area contributed by atoms with Gasteiger partial charge in [0.25, 0.3) is 0 Å². The van der Waals surface area contributed by atoms with Crippen LogP contribution in [-0.4, -0.2) is 0 Å². The van der Waals surface area contributed by atoms with Crippen molar-refractivity contribution in [2.75, 3.05) is 0 Å². The number of rotatable bonds is 3. The summed E-state index contributed by atoms with van der Waals surface area (Å²) in [4.78, 5) is 0. The third kappa shape index (κ3) is 4.13. The van der Waals surface area contributed by atoms with Gasteiger partial charge in [-0.05, 0) is 122 Å². The van der Waals surface area contributed by atoms with Crippen LogP contribution in [0.2, 0.25) is 0 Å². The molecule has 0 spiro atoms. The van der Waals surface area contributed by atoms with Gasteiger partial charge in [0.15, 0.2) is 0 Å². The van der Waals surface area contributed by atoms with Crippen molar-refractivity contribution in [2.24, 2.45) is 0 Å². The Hall–Kier alpha value is -6.96. The van der Waals surface area contributed by atoms with Crippen LogP contribution in [0.5, 0.6) is 0 Å². The third-order valence-electron chi connectivity index (χ3n) is 12.7. The molecule has 1 aliphatic rings. The number of fused-ring (bicyclic) bond motifs is 5. The molecule has 1 heterocycles. The molecule has 1 unspecified atom stereocenters. The average Bonchev–Trinajstić information content (AvgIpc) is 3.63. The van der Waals surface area contributed by atoms with Crippen molar-refractivity contribution in [3.8, 4) is 0 Å². The van der Waals surface area contributed by atoms with Gasteiger partial charge >= 0.3 is 0 Å². The first-order valence-electron chi connectivity index (χ1n) is 19.3. The summed E-state index contributed by atoms with van der Waals surface area (Å²) in [7, 11) is 0. The van der Waals surface area contributed by atoms with Crippen LogP contribution in [-0.2, 0) is 0 Å². The van der Waals surface area contributed by atoms with E-state index in [2.05, 4.69) is 176 Å². The predicted octanol–water partition coefficient (Wildman–Crippen LogP) is 15.2. The molecule has 12 aromatic rings. The minimum absolute atomic E-state index is 0.168. The molecule has 0 saturated heterocycles. The molecule has 0 bridgehead atoms. The normalized spacial score (nSPS) is 15.2. The second-order valence-corrected chi connectivity index (χ2v) is 15.6. The lowest BCUT2D eigenvalue weighted by atomic mass is 9.78. The molecule has 0 fully saturated rings. The van der Waals surface area contributed by atoms with E-state index in [1.807, 2.05) is 0 Å². The topological polar surface area (TPSA) is 13.1 Å². The van der Waals surface area contributed by atoms with Crippen LogP contribution in [0.4, 0.5) is 0 Å². The van der Waals surface area contributed by atoms with E-state index in [1.54, 1.807) is 0 Å². The fourth-order valence-electron chi connectivity index (χ4n) is 10.1. The summed E-state index contributed by atoms with van der Waals surface area (Å²) in [5.41, 5.74) is 8.46. The second kappa shape index (κ2) is 10.8. The summed E-state index contributed by atoms with van der Waals surface area (Å²) in [5, 5.41) is 20.5. The molecule has 1 aromatic heterocycles. The fraction of sp³-hybridized carbons (Fsp3) is 0.0370. The molecule has 1 heteroatoms. The molecule has 1 aliphatic carbocycles. The van der Waals surface area contributed by atoms with Crippen LogP contribution >= 0.6 is 0 Å². The molecule has 55 heavy (non-hydrogen) atoms. The Morgan fingerprint density at radius 1 is 0.400 bits per heavy atom. The molecule has 11 aromatic carbocycles. The summed E-state index contributed by atoms with van der Waals surface area (Å²) >= 11 is 0. The number of furan rings is 1. The van der Waals surface area contributed by atoms with Crippen molar-refractivity contribution in [3.05, 3.63) is 193 Å². The highest BCUT2D eigenvalue weighted by atomic mass is 16.3. The molecule has 1 atom stereocenters. The highest BCUT2D eigenvalue weighted by molar-refractivity contribution is 6.26. The first-order valence-corrected chi connectivity index (χ1v) is 19.3. The van der Waals surface area contributed by atoms with Gasteiger partial charge in [-0.2, -0.15) is 0 Å². The van der Waals surface area contributed by atoms with Crippen molar-refractivity contribution in [3.63, 3.8) is 0 Å². The van der Waals surface area contributed by atoms with Crippen LogP contribution in [0.3, 0.4) is 0 Å². The van der Waals surface area contributed by atoms with Crippen LogP contribution in [0.15, 0.2) is 180 Å². The maximum Gasteiger partial charge on any atom is 0.143 e. The van der Waals surface area contributed by atoms with E-state index in [4.69, 9.17) is 4.42 Å². The lowest BCUT2D eigenvalue weighted by Gasteiger charge is -2.25. The zero-order valence-corrected chi connectivity index (χ0v) is 29.9. The lowest BCUT2D eigenvalue weighted by Crippen LogP contribution is -2.05. The average molecular weight is 697 g/mol. The van der Waals surface area contributed by atoms with Crippen LogP contribution in [0.1, 0.15) is 29.0 Å². The van der Waals surface area contributed by atoms with Crippen molar-refractivity contribution in [2.45, 2.75) is 12.3 Å². The van der Waals surface area contributed by atoms with Crippen molar-refractivity contribution in [1.82, 2.24) is 0 Å². The van der Waals surface area contributed by atoms with Gasteiger partial charge in [-0.1, -0.05) is 158 Å². The maximum atomic E-state index is 6.57. The van der Waals surface area contributed by atoms with Gasteiger partial charge in [0, 0.05) is 22.1 Å². The largest absolute Gasteiger partial charge is 0.455 e. The standard InChI is InChI=1S/C54H32O/c1-2-10-44-31(5-1)15-25-47-48-30-38(20-26-49(48)55-54(44)47)39-27-40(42-21-16-36-13-11-32-6-3-8-34-18-23-45(42)52(36)50(32)34)29-41(28-39)43-22-17-37-14-12-33-7-4-9-35-19-24-46(43)53(37)51(33)35/h1-27,29-30,39H,28H2. The van der Waals surface area contributed by atoms with Crippen molar-refractivity contribution < 1.29 is 4.42 Å². The summed E-state index contributed by atoms with van der Waals surface area (Å²) in [6.07, 6.45) is 5.93. The van der Waals surface area contributed by atoms with Gasteiger partial charge in [0.05, 0.1) is 0 Å². The summed E-state index contributed by atoms with van der Waals surface area (Å²) in [5.74, 6) is 0.168. The van der Waals surface area contributed by atoms with Gasteiger partial charge in [-0.3, -0.25) is 0 Å². The Morgan fingerprint density at radius 2 is 0.945 bits per heavy atom. The van der Waals surface area contributed by atoms with Crippen LogP contribution < -0.4 is 0 Å². The number of hydrogen-bond donors (Lipinski definition) is 0. The van der Waals surface area contributed by atoms with Gasteiger partial charge in [-0.15, -0.1) is 0 Å². The van der Waals surface area contributed by atoms with Crippen LogP contribution in [0.25, 0.3) is 108 Å². The quantitative estimate of drug-likeness (QED) is 0.168. The smallest absolute Gasteiger partial charge is 0.143 e. The predicted molar refractivity (Wildman–Crippen MR) is 235 cm³/mol. The van der Waals surface area contributed by atoms with Gasteiger partial charge in [-0.25, -0.2) is 0 Å². The summed E-state index contributed by atoms with van der Waals surface area (Å²) in [6.45, 7) is 0. The van der Waals surface area contributed by atoms with Gasteiger partial charge in [0.2, 0.25) is 0 Å². The molecule has 0 saturated carbocycles. The molecule has 0 N–H and O–H groups in total. The zero-order valence-electron chi connectivity index (χ0n) is 29.9. The second-order valence-electron chi connectivity index (χ2n) is 15.6. The number of benzene rings is 11. The van der Waals surface area contributed by atoms with Crippen molar-refractivity contribution >= 4 is 108 Å². The Bertz CT molecular complexity index is 3600. The molecule has 13 rings (SSSR count). The molecular formula is C54H32O. The van der Waals surface area contributed by atoms with Gasteiger partial charge < -0.3 is 4.42 Å². The monoisotopic (exact) mass is 696 g/mol. The number of allylic oxidation sites excluding steroid dienone is 4. The van der Waals surface area contributed by atoms with E-state index in [0.29, 0.717) is 0 Å². The highest BCUT2D eigenvalue weighted by Gasteiger charge is 2.24. The minimum atomic E-state index is 0.168. The molecular weight excluding hydrogens is 665 g/mol. The number of hydrogen-bond acceptors (Lipinski definition) is 1. The summed E-state index contributed by atoms with van der Waals surface area (Å²) in [6, 6.07) is 61.0. The fourth-order valence-corrected chi connectivity index (χ4v) is 10.1. The maximum absolute atomic E-state index is 6.57. The van der Waals surface area contributed by atoms with E-state index in [9.17, 15) is 0 Å². The molecule has 1 nitrogen and oxygen atoms in total. The third-order valence-corrected chi connectivity index (χ3v) is 12.7. The zero-order chi connectivity index (χ0) is 35.8. The van der Waals surface area contributed by atoms with E-state index in [-0.39, 0.29) is 5.92 Å². The molecule has 0 radical (unpaired) electrons. The van der Waals surface area contributed by atoms with E-state index < -0.39 is 0 Å². The SMILES string of the molecule is C1=C(c2ccc3ccc4cccc5ccc2c3c45)C=C(c2ccc3ccc4cccc5ccc2c3c45)CC1c1ccc2oc3c4ccccc4ccc3c2c1. The first kappa shape index (κ1) is 29.5. The Kier molecular flexibility index (Phi) is 5.80. The lowest BCUT2D eigenvalue weighted by molar-refractivity contribution is 0.672. The Labute approximate surface area is 316 Å². The van der Waals surface area contributed by atoms with E-state index in [1.165, 1.54) is 109 Å². The first-order chi connectivity index (χ1) is 27.2.